The largest absolute Gasteiger partial charge is 0.359 e. The third-order valence-electron chi connectivity index (χ3n) is 4.89. The van der Waals surface area contributed by atoms with Gasteiger partial charge < -0.3 is 9.84 Å². The molecule has 2 heterocycles. The normalized spacial score (nSPS) is 10.9. The van der Waals surface area contributed by atoms with Crippen molar-refractivity contribution < 1.29 is 4.52 Å². The summed E-state index contributed by atoms with van der Waals surface area (Å²) < 4.78 is 5.51. The highest BCUT2D eigenvalue weighted by Gasteiger charge is 2.16. The molecule has 1 N–H and O–H groups in total. The number of nitrogens with one attached hydrogen (secondary N) is 1. The number of rotatable bonds is 6. The lowest BCUT2D eigenvalue weighted by Gasteiger charge is -2.02. The molecular weight excluding hydrogens is 461 g/mol. The van der Waals surface area contributed by atoms with E-state index < -0.39 is 0 Å². The molecule has 0 atom stereocenters. The van der Waals surface area contributed by atoms with Crippen LogP contribution in [0.25, 0.3) is 33.0 Å². The maximum Gasteiger partial charge on any atom is 0.184 e. The zero-order valence-electron chi connectivity index (χ0n) is 16.8. The maximum atomic E-state index is 6.08. The van der Waals surface area contributed by atoms with E-state index in [9.17, 15) is 0 Å². The fourth-order valence-electron chi connectivity index (χ4n) is 3.30. The Bertz CT molecular complexity index is 1330. The maximum absolute atomic E-state index is 6.08. The molecule has 5 aromatic rings. The van der Waals surface area contributed by atoms with E-state index in [2.05, 4.69) is 22.6 Å². The number of anilines is 1. The van der Waals surface area contributed by atoms with Crippen LogP contribution >= 0.6 is 34.5 Å². The van der Waals surface area contributed by atoms with Crippen molar-refractivity contribution in [1.29, 1.82) is 0 Å². The number of nitrogens with zero attached hydrogens (tertiary/aromatic N) is 2. The minimum atomic E-state index is 0.475. The Hall–Kier alpha value is -3.12. The summed E-state index contributed by atoms with van der Waals surface area (Å²) in [7, 11) is 0. The van der Waals surface area contributed by atoms with Gasteiger partial charge in [-0.25, -0.2) is 4.98 Å². The van der Waals surface area contributed by atoms with Gasteiger partial charge in [-0.05, 0) is 29.8 Å². The van der Waals surface area contributed by atoms with E-state index in [-0.39, 0.29) is 0 Å². The Kier molecular flexibility index (Phi) is 5.95. The zero-order chi connectivity index (χ0) is 21.9. The van der Waals surface area contributed by atoms with Crippen molar-refractivity contribution in [2.24, 2.45) is 0 Å². The van der Waals surface area contributed by atoms with Gasteiger partial charge in [0.2, 0.25) is 0 Å². The van der Waals surface area contributed by atoms with E-state index in [1.54, 1.807) is 11.3 Å². The molecule has 0 aliphatic heterocycles. The second-order valence-corrected chi connectivity index (χ2v) is 8.98. The third-order valence-corrected chi connectivity index (χ3v) is 6.46. The van der Waals surface area contributed by atoms with Crippen LogP contribution in [-0.4, -0.2) is 10.1 Å². The molecule has 0 amide bonds. The van der Waals surface area contributed by atoms with Gasteiger partial charge in [0.1, 0.15) is 5.69 Å². The molecule has 0 aliphatic rings. The van der Waals surface area contributed by atoms with E-state index in [1.807, 2.05) is 72.8 Å². The molecule has 2 aromatic heterocycles. The van der Waals surface area contributed by atoms with Gasteiger partial charge in [0.15, 0.2) is 10.9 Å². The summed E-state index contributed by atoms with van der Waals surface area (Å²) >= 11 is 13.6. The summed E-state index contributed by atoms with van der Waals surface area (Å²) in [6.07, 6.45) is 0. The topological polar surface area (TPSA) is 51.0 Å². The molecule has 0 unspecified atom stereocenters. The summed E-state index contributed by atoms with van der Waals surface area (Å²) in [5, 5.41) is 9.73. The fraction of sp³-hybridized carbons (Fsp3) is 0.0400. The van der Waals surface area contributed by atoms with Gasteiger partial charge in [-0.1, -0.05) is 94.3 Å². The summed E-state index contributed by atoms with van der Waals surface area (Å²) in [5.41, 5.74) is 4.77. The Labute approximate surface area is 199 Å². The fourth-order valence-corrected chi connectivity index (χ4v) is 4.54. The van der Waals surface area contributed by atoms with E-state index in [0.717, 1.165) is 43.8 Å². The van der Waals surface area contributed by atoms with Crippen molar-refractivity contribution >= 4 is 39.7 Å². The first-order valence-corrected chi connectivity index (χ1v) is 11.5. The number of hydrogen-bond donors (Lipinski definition) is 1. The van der Waals surface area contributed by atoms with Gasteiger partial charge in [0.25, 0.3) is 0 Å². The number of hydrogen-bond acceptors (Lipinski definition) is 5. The summed E-state index contributed by atoms with van der Waals surface area (Å²) in [6, 6.07) is 27.4. The summed E-state index contributed by atoms with van der Waals surface area (Å²) in [4.78, 5) is 5.96. The Morgan fingerprint density at radius 1 is 0.781 bits per heavy atom. The monoisotopic (exact) mass is 477 g/mol. The number of thiazole rings is 1. The van der Waals surface area contributed by atoms with Crippen LogP contribution in [0.2, 0.25) is 10.0 Å². The second-order valence-electron chi connectivity index (χ2n) is 7.11. The predicted octanol–water partition coefficient (Wildman–Crippen LogP) is 8.05. The molecular formula is C25H17Cl2N3OS. The highest BCUT2D eigenvalue weighted by atomic mass is 35.5. The lowest BCUT2D eigenvalue weighted by atomic mass is 10.1. The van der Waals surface area contributed by atoms with E-state index in [0.29, 0.717) is 16.6 Å². The number of aromatic nitrogens is 2. The van der Waals surface area contributed by atoms with E-state index in [4.69, 9.17) is 32.7 Å². The summed E-state index contributed by atoms with van der Waals surface area (Å²) in [5.74, 6) is 0.722. The molecule has 5 rings (SSSR count). The number of benzene rings is 3. The lowest BCUT2D eigenvalue weighted by Crippen LogP contribution is -1.97. The van der Waals surface area contributed by atoms with Gasteiger partial charge in [-0.2, -0.15) is 0 Å². The lowest BCUT2D eigenvalue weighted by molar-refractivity contribution is 0.390. The average Bonchev–Trinajstić information content (AvgIpc) is 3.47. The highest BCUT2D eigenvalue weighted by Crippen LogP contribution is 2.39. The van der Waals surface area contributed by atoms with Gasteiger partial charge in [0, 0.05) is 27.2 Å². The van der Waals surface area contributed by atoms with Crippen LogP contribution in [0.3, 0.4) is 0 Å². The third kappa shape index (κ3) is 4.55. The van der Waals surface area contributed by atoms with Gasteiger partial charge >= 0.3 is 0 Å². The first-order valence-electron chi connectivity index (χ1n) is 9.93. The molecule has 0 saturated heterocycles. The van der Waals surface area contributed by atoms with Gasteiger partial charge in [-0.15, -0.1) is 0 Å². The number of halogens is 2. The first kappa shape index (κ1) is 20.8. The molecule has 3 aromatic carbocycles. The van der Waals surface area contributed by atoms with Gasteiger partial charge in [0.05, 0.1) is 17.1 Å². The van der Waals surface area contributed by atoms with Crippen LogP contribution in [-0.2, 0) is 6.54 Å². The van der Waals surface area contributed by atoms with Crippen molar-refractivity contribution in [3.8, 4) is 33.0 Å². The molecule has 158 valence electrons. The van der Waals surface area contributed by atoms with Crippen LogP contribution in [0.15, 0.2) is 89.5 Å². The van der Waals surface area contributed by atoms with E-state index >= 15 is 0 Å². The van der Waals surface area contributed by atoms with Crippen LogP contribution in [0.5, 0.6) is 0 Å². The predicted molar refractivity (Wildman–Crippen MR) is 132 cm³/mol. The molecule has 0 fully saturated rings. The van der Waals surface area contributed by atoms with Crippen molar-refractivity contribution in [1.82, 2.24) is 10.1 Å². The Morgan fingerprint density at radius 3 is 2.12 bits per heavy atom. The minimum absolute atomic E-state index is 0.475. The molecule has 0 saturated carbocycles. The minimum Gasteiger partial charge on any atom is -0.359 e. The first-order chi connectivity index (χ1) is 15.7. The Morgan fingerprint density at radius 2 is 1.44 bits per heavy atom. The molecule has 0 aliphatic carbocycles. The molecule has 4 nitrogen and oxygen atoms in total. The standard InChI is InChI=1S/C25H17Cl2N3OS/c26-19-10-6-16(7-11-19)22-14-21(31-30-22)15-28-25-29-23(17-8-12-20(27)13-9-17)24(32-25)18-4-2-1-3-5-18/h1-14H,15H2,(H,28,29). The van der Waals surface area contributed by atoms with Crippen LogP contribution in [0.1, 0.15) is 5.76 Å². The molecule has 0 spiro atoms. The Balaban J connectivity index is 1.40. The van der Waals surface area contributed by atoms with Crippen molar-refractivity contribution in [2.75, 3.05) is 5.32 Å². The SMILES string of the molecule is Clc1ccc(-c2cc(CNc3nc(-c4ccc(Cl)cc4)c(-c4ccccc4)s3)on2)cc1. The quantitative estimate of drug-likeness (QED) is 0.268. The van der Waals surface area contributed by atoms with Crippen LogP contribution in [0.4, 0.5) is 5.13 Å². The van der Waals surface area contributed by atoms with Crippen molar-refractivity contribution in [3.05, 3.63) is 101 Å². The van der Waals surface area contributed by atoms with Crippen molar-refractivity contribution in [2.45, 2.75) is 6.54 Å². The van der Waals surface area contributed by atoms with E-state index in [1.165, 1.54) is 0 Å². The van der Waals surface area contributed by atoms with Gasteiger partial charge in [-0.3, -0.25) is 0 Å². The molecule has 7 heteroatoms. The summed E-state index contributed by atoms with van der Waals surface area (Å²) in [6.45, 7) is 0.475. The second kappa shape index (κ2) is 9.17. The smallest absolute Gasteiger partial charge is 0.184 e. The highest BCUT2D eigenvalue weighted by molar-refractivity contribution is 7.19. The van der Waals surface area contributed by atoms with Crippen LogP contribution < -0.4 is 5.32 Å². The molecule has 32 heavy (non-hydrogen) atoms. The molecule has 0 radical (unpaired) electrons. The average molecular weight is 478 g/mol. The van der Waals surface area contributed by atoms with Crippen LogP contribution in [0, 0.1) is 0 Å². The molecule has 0 bridgehead atoms. The van der Waals surface area contributed by atoms with Crippen molar-refractivity contribution in [3.63, 3.8) is 0 Å². The zero-order valence-corrected chi connectivity index (χ0v) is 19.1.